The standard InChI is InChI=1S/C19H26N2O3/c1-4-14(10-20-18(23)24-3)17(22)21-11-16-9-19(16,12-21)15-7-5-13(2)6-8-15/h5-8,14,16H,4,9-12H2,1-3H3,(H,20,23). The Morgan fingerprint density at radius 1 is 1.38 bits per heavy atom. The summed E-state index contributed by atoms with van der Waals surface area (Å²) < 4.78 is 4.58. The van der Waals surface area contributed by atoms with Gasteiger partial charge < -0.3 is 15.0 Å². The summed E-state index contributed by atoms with van der Waals surface area (Å²) in [5.74, 6) is 0.541. The van der Waals surface area contributed by atoms with E-state index in [1.54, 1.807) is 0 Å². The third-order valence-electron chi connectivity index (χ3n) is 5.60. The van der Waals surface area contributed by atoms with E-state index in [0.717, 1.165) is 13.1 Å². The summed E-state index contributed by atoms with van der Waals surface area (Å²) in [6.45, 7) is 6.04. The molecule has 1 aromatic rings. The van der Waals surface area contributed by atoms with Crippen LogP contribution in [0, 0.1) is 18.8 Å². The summed E-state index contributed by atoms with van der Waals surface area (Å²) in [7, 11) is 1.33. The number of aryl methyl sites for hydroxylation is 1. The van der Waals surface area contributed by atoms with Crippen molar-refractivity contribution < 1.29 is 14.3 Å². The van der Waals surface area contributed by atoms with Crippen molar-refractivity contribution in [3.05, 3.63) is 35.4 Å². The van der Waals surface area contributed by atoms with Crippen molar-refractivity contribution in [2.45, 2.75) is 32.1 Å². The Labute approximate surface area is 143 Å². The number of likely N-dealkylation sites (tertiary alicyclic amines) is 1. The molecule has 130 valence electrons. The Morgan fingerprint density at radius 3 is 2.71 bits per heavy atom. The number of benzene rings is 1. The molecule has 24 heavy (non-hydrogen) atoms. The molecule has 1 aromatic carbocycles. The smallest absolute Gasteiger partial charge is 0.406 e. The summed E-state index contributed by atoms with van der Waals surface area (Å²) >= 11 is 0. The molecule has 3 unspecified atom stereocenters. The summed E-state index contributed by atoms with van der Waals surface area (Å²) in [4.78, 5) is 26.0. The quantitative estimate of drug-likeness (QED) is 0.902. The van der Waals surface area contributed by atoms with Gasteiger partial charge in [0.2, 0.25) is 5.91 Å². The summed E-state index contributed by atoms with van der Waals surface area (Å²) in [6, 6.07) is 8.72. The molecule has 3 rings (SSSR count). The van der Waals surface area contributed by atoms with Gasteiger partial charge in [-0.25, -0.2) is 4.79 Å². The van der Waals surface area contributed by atoms with E-state index in [2.05, 4.69) is 41.2 Å². The molecular weight excluding hydrogens is 304 g/mol. The monoisotopic (exact) mass is 330 g/mol. The molecule has 1 saturated carbocycles. The van der Waals surface area contributed by atoms with Crippen LogP contribution in [-0.2, 0) is 14.9 Å². The second-order valence-electron chi connectivity index (χ2n) is 7.12. The number of carbonyl (C=O) groups excluding carboxylic acids is 2. The van der Waals surface area contributed by atoms with E-state index in [0.29, 0.717) is 18.9 Å². The second kappa shape index (κ2) is 6.46. The van der Waals surface area contributed by atoms with Gasteiger partial charge in [0.05, 0.1) is 13.0 Å². The van der Waals surface area contributed by atoms with Gasteiger partial charge in [0.15, 0.2) is 0 Å². The molecule has 5 nitrogen and oxygen atoms in total. The van der Waals surface area contributed by atoms with Crippen molar-refractivity contribution in [1.29, 1.82) is 0 Å². The molecule has 1 N–H and O–H groups in total. The maximum absolute atomic E-state index is 12.8. The van der Waals surface area contributed by atoms with Crippen molar-refractivity contribution in [3.8, 4) is 0 Å². The fraction of sp³-hybridized carbons (Fsp3) is 0.579. The maximum Gasteiger partial charge on any atom is 0.406 e. The molecule has 5 heteroatoms. The van der Waals surface area contributed by atoms with Gasteiger partial charge in [-0.3, -0.25) is 4.79 Å². The average molecular weight is 330 g/mol. The van der Waals surface area contributed by atoms with Crippen molar-refractivity contribution >= 4 is 12.0 Å². The first-order valence-corrected chi connectivity index (χ1v) is 8.68. The fourth-order valence-electron chi connectivity index (χ4n) is 3.93. The number of methoxy groups -OCH3 is 1. The van der Waals surface area contributed by atoms with Crippen molar-refractivity contribution in [1.82, 2.24) is 10.2 Å². The number of rotatable bonds is 5. The molecule has 1 heterocycles. The minimum atomic E-state index is -0.485. The zero-order chi connectivity index (χ0) is 17.3. The molecule has 1 aliphatic heterocycles. The number of nitrogens with zero attached hydrogens (tertiary/aromatic N) is 1. The lowest BCUT2D eigenvalue weighted by molar-refractivity contribution is -0.135. The van der Waals surface area contributed by atoms with E-state index in [1.165, 1.54) is 24.7 Å². The lowest BCUT2D eigenvalue weighted by Crippen LogP contribution is -2.42. The van der Waals surface area contributed by atoms with Crippen LogP contribution >= 0.6 is 0 Å². The number of nitrogens with one attached hydrogen (secondary N) is 1. The Balaban J connectivity index is 1.63. The molecule has 0 bridgehead atoms. The van der Waals surface area contributed by atoms with E-state index < -0.39 is 6.09 Å². The third-order valence-corrected chi connectivity index (χ3v) is 5.60. The van der Waals surface area contributed by atoms with Gasteiger partial charge in [-0.2, -0.15) is 0 Å². The molecule has 3 atom stereocenters. The number of fused-ring (bicyclic) bond motifs is 1. The largest absolute Gasteiger partial charge is 0.453 e. The lowest BCUT2D eigenvalue weighted by Gasteiger charge is -2.26. The number of hydrogen-bond acceptors (Lipinski definition) is 3. The summed E-state index contributed by atoms with van der Waals surface area (Å²) in [6.07, 6.45) is 1.40. The highest BCUT2D eigenvalue weighted by molar-refractivity contribution is 5.80. The van der Waals surface area contributed by atoms with Gasteiger partial charge in [-0.15, -0.1) is 0 Å². The van der Waals surface area contributed by atoms with Crippen LogP contribution in [0.25, 0.3) is 0 Å². The molecular formula is C19H26N2O3. The highest BCUT2D eigenvalue weighted by Crippen LogP contribution is 2.59. The van der Waals surface area contributed by atoms with Gasteiger partial charge in [0.25, 0.3) is 0 Å². The predicted octanol–water partition coefficient (Wildman–Crippen LogP) is 2.48. The first kappa shape index (κ1) is 16.8. The zero-order valence-corrected chi connectivity index (χ0v) is 14.7. The Morgan fingerprint density at radius 2 is 2.08 bits per heavy atom. The molecule has 2 amide bonds. The highest BCUT2D eigenvalue weighted by Gasteiger charge is 2.61. The van der Waals surface area contributed by atoms with Crippen molar-refractivity contribution in [2.24, 2.45) is 11.8 Å². The van der Waals surface area contributed by atoms with Crippen LogP contribution in [-0.4, -0.2) is 43.6 Å². The minimum absolute atomic E-state index is 0.146. The maximum atomic E-state index is 12.8. The Hall–Kier alpha value is -2.04. The first-order chi connectivity index (χ1) is 11.5. The Bertz CT molecular complexity index is 628. The van der Waals surface area contributed by atoms with E-state index in [1.807, 2.05) is 11.8 Å². The van der Waals surface area contributed by atoms with Crippen LogP contribution in [0.3, 0.4) is 0 Å². The molecule has 1 aliphatic carbocycles. The van der Waals surface area contributed by atoms with Crippen LogP contribution in [0.1, 0.15) is 30.9 Å². The molecule has 0 spiro atoms. The topological polar surface area (TPSA) is 58.6 Å². The zero-order valence-electron chi connectivity index (χ0n) is 14.7. The third kappa shape index (κ3) is 2.99. The summed E-state index contributed by atoms with van der Waals surface area (Å²) in [5, 5.41) is 2.65. The van der Waals surface area contributed by atoms with Crippen LogP contribution in [0.15, 0.2) is 24.3 Å². The number of piperidine rings is 1. The lowest BCUT2D eigenvalue weighted by atomic mass is 9.94. The average Bonchev–Trinajstić information content (AvgIpc) is 3.16. The number of alkyl carbamates (subject to hydrolysis) is 1. The second-order valence-corrected chi connectivity index (χ2v) is 7.12. The molecule has 0 radical (unpaired) electrons. The molecule has 1 saturated heterocycles. The van der Waals surface area contributed by atoms with Gasteiger partial charge in [0.1, 0.15) is 0 Å². The SMILES string of the molecule is CCC(CNC(=O)OC)C(=O)N1CC2CC2(c2ccc(C)cc2)C1. The highest BCUT2D eigenvalue weighted by atomic mass is 16.5. The number of hydrogen-bond donors (Lipinski definition) is 1. The van der Waals surface area contributed by atoms with Gasteiger partial charge in [0, 0.05) is 25.0 Å². The molecule has 2 aliphatic rings. The normalized spacial score (nSPS) is 25.8. The van der Waals surface area contributed by atoms with E-state index in [4.69, 9.17) is 0 Å². The van der Waals surface area contributed by atoms with E-state index in [-0.39, 0.29) is 17.2 Å². The van der Waals surface area contributed by atoms with Crippen LogP contribution in [0.4, 0.5) is 4.79 Å². The molecule has 0 aromatic heterocycles. The van der Waals surface area contributed by atoms with E-state index >= 15 is 0 Å². The van der Waals surface area contributed by atoms with Crippen molar-refractivity contribution in [2.75, 3.05) is 26.7 Å². The number of amides is 2. The van der Waals surface area contributed by atoms with Crippen molar-refractivity contribution in [3.63, 3.8) is 0 Å². The van der Waals surface area contributed by atoms with Crippen LogP contribution < -0.4 is 5.32 Å². The predicted molar refractivity (Wildman–Crippen MR) is 91.7 cm³/mol. The van der Waals surface area contributed by atoms with E-state index in [9.17, 15) is 9.59 Å². The van der Waals surface area contributed by atoms with Crippen LogP contribution in [0.2, 0.25) is 0 Å². The Kier molecular flexibility index (Phi) is 4.52. The minimum Gasteiger partial charge on any atom is -0.453 e. The van der Waals surface area contributed by atoms with Crippen LogP contribution in [0.5, 0.6) is 0 Å². The molecule has 2 fully saturated rings. The summed E-state index contributed by atoms with van der Waals surface area (Å²) in [5.41, 5.74) is 2.78. The fourth-order valence-corrected chi connectivity index (χ4v) is 3.93. The van der Waals surface area contributed by atoms with Gasteiger partial charge in [-0.1, -0.05) is 36.8 Å². The first-order valence-electron chi connectivity index (χ1n) is 8.68. The van der Waals surface area contributed by atoms with Gasteiger partial charge >= 0.3 is 6.09 Å². The number of carbonyl (C=O) groups is 2. The van der Waals surface area contributed by atoms with Gasteiger partial charge in [-0.05, 0) is 31.2 Å². The number of ether oxygens (including phenoxy) is 1.